The van der Waals surface area contributed by atoms with Gasteiger partial charge in [0, 0.05) is 16.9 Å². The molecule has 2 aliphatic carbocycles. The highest BCUT2D eigenvalue weighted by Crippen LogP contribution is 2.44. The van der Waals surface area contributed by atoms with Gasteiger partial charge in [-0.2, -0.15) is 0 Å². The van der Waals surface area contributed by atoms with Gasteiger partial charge in [-0.05, 0) is 60.1 Å². The van der Waals surface area contributed by atoms with Gasteiger partial charge in [0.25, 0.3) is 0 Å². The molecule has 1 unspecified atom stereocenters. The third-order valence-corrected chi connectivity index (χ3v) is 6.07. The topological polar surface area (TPSA) is 34.1 Å². The Morgan fingerprint density at radius 1 is 0.920 bits per heavy atom. The Hall–Kier alpha value is -1.93. The SMILES string of the molecule is CCc1cc(-c2ccc(Cl)cc2)ccc1C1C(=O)[C@@H]2CC[C@@H](C2)C1=O. The number of carbonyl (C=O) groups is 2. The van der Waals surface area contributed by atoms with Crippen LogP contribution in [-0.4, -0.2) is 11.6 Å². The second kappa shape index (κ2) is 6.42. The van der Waals surface area contributed by atoms with Crippen molar-refractivity contribution in [1.82, 2.24) is 0 Å². The number of fused-ring (bicyclic) bond motifs is 2. The van der Waals surface area contributed by atoms with Gasteiger partial charge in [0.15, 0.2) is 11.6 Å². The zero-order chi connectivity index (χ0) is 17.6. The summed E-state index contributed by atoms with van der Waals surface area (Å²) in [5.41, 5.74) is 4.20. The van der Waals surface area contributed by atoms with Crippen LogP contribution < -0.4 is 0 Å². The molecule has 0 aliphatic heterocycles. The molecule has 3 atom stereocenters. The van der Waals surface area contributed by atoms with Crippen molar-refractivity contribution in [3.05, 3.63) is 58.6 Å². The molecular formula is C22H21ClO2. The zero-order valence-corrected chi connectivity index (χ0v) is 15.1. The molecule has 2 aliphatic rings. The van der Waals surface area contributed by atoms with E-state index >= 15 is 0 Å². The van der Waals surface area contributed by atoms with E-state index in [1.807, 2.05) is 36.4 Å². The molecule has 0 amide bonds. The van der Waals surface area contributed by atoms with E-state index in [1.165, 1.54) is 0 Å². The van der Waals surface area contributed by atoms with Crippen molar-refractivity contribution in [2.45, 2.75) is 38.5 Å². The lowest BCUT2D eigenvalue weighted by molar-refractivity contribution is -0.135. The third kappa shape index (κ3) is 2.83. The lowest BCUT2D eigenvalue weighted by Crippen LogP contribution is -2.35. The summed E-state index contributed by atoms with van der Waals surface area (Å²) in [6.07, 6.45) is 3.35. The van der Waals surface area contributed by atoms with Gasteiger partial charge in [0.1, 0.15) is 5.92 Å². The van der Waals surface area contributed by atoms with E-state index in [0.717, 1.165) is 47.9 Å². The summed E-state index contributed by atoms with van der Waals surface area (Å²) in [4.78, 5) is 25.6. The lowest BCUT2D eigenvalue weighted by Gasteiger charge is -2.27. The molecule has 0 radical (unpaired) electrons. The molecule has 128 valence electrons. The van der Waals surface area contributed by atoms with Gasteiger partial charge in [0.2, 0.25) is 0 Å². The fourth-order valence-electron chi connectivity index (χ4n) is 4.43. The molecule has 2 fully saturated rings. The minimum Gasteiger partial charge on any atom is -0.298 e. The predicted octanol–water partition coefficient (Wildman–Crippen LogP) is 5.22. The summed E-state index contributed by atoms with van der Waals surface area (Å²) in [7, 11) is 0. The average molecular weight is 353 g/mol. The van der Waals surface area contributed by atoms with Crippen molar-refractivity contribution in [3.8, 4) is 11.1 Å². The van der Waals surface area contributed by atoms with Crippen molar-refractivity contribution in [3.63, 3.8) is 0 Å². The monoisotopic (exact) mass is 352 g/mol. The first-order valence-electron chi connectivity index (χ1n) is 9.04. The molecule has 0 heterocycles. The minimum atomic E-state index is -0.541. The van der Waals surface area contributed by atoms with E-state index in [9.17, 15) is 9.59 Å². The van der Waals surface area contributed by atoms with Gasteiger partial charge >= 0.3 is 0 Å². The second-order valence-corrected chi connectivity index (χ2v) is 7.66. The van der Waals surface area contributed by atoms with Crippen molar-refractivity contribution < 1.29 is 9.59 Å². The van der Waals surface area contributed by atoms with Gasteiger partial charge in [-0.25, -0.2) is 0 Å². The number of aryl methyl sites for hydroxylation is 1. The number of Topliss-reactive ketones (excluding diaryl/α,β-unsaturated/α-hetero) is 2. The van der Waals surface area contributed by atoms with Crippen molar-refractivity contribution in [2.24, 2.45) is 11.8 Å². The number of hydrogen-bond donors (Lipinski definition) is 0. The maximum atomic E-state index is 12.8. The van der Waals surface area contributed by atoms with E-state index < -0.39 is 5.92 Å². The first-order valence-corrected chi connectivity index (χ1v) is 9.42. The second-order valence-electron chi connectivity index (χ2n) is 7.22. The molecule has 2 aromatic rings. The largest absolute Gasteiger partial charge is 0.298 e. The van der Waals surface area contributed by atoms with E-state index in [-0.39, 0.29) is 23.4 Å². The van der Waals surface area contributed by atoms with E-state index in [2.05, 4.69) is 13.0 Å². The number of benzene rings is 2. The van der Waals surface area contributed by atoms with E-state index in [1.54, 1.807) is 0 Å². The number of ketones is 2. The van der Waals surface area contributed by atoms with Crippen LogP contribution >= 0.6 is 11.6 Å². The number of rotatable bonds is 3. The molecular weight excluding hydrogens is 332 g/mol. The summed E-state index contributed by atoms with van der Waals surface area (Å²) in [6, 6.07) is 13.9. The van der Waals surface area contributed by atoms with Gasteiger partial charge in [-0.3, -0.25) is 9.59 Å². The van der Waals surface area contributed by atoms with Crippen molar-refractivity contribution in [1.29, 1.82) is 0 Å². The summed E-state index contributed by atoms with van der Waals surface area (Å²) < 4.78 is 0. The predicted molar refractivity (Wildman–Crippen MR) is 99.9 cm³/mol. The fraction of sp³-hybridized carbons (Fsp3) is 0.364. The summed E-state index contributed by atoms with van der Waals surface area (Å²) in [5.74, 6) is -0.0671. The van der Waals surface area contributed by atoms with Gasteiger partial charge < -0.3 is 0 Å². The Balaban J connectivity index is 1.74. The molecule has 3 heteroatoms. The highest BCUT2D eigenvalue weighted by atomic mass is 35.5. The molecule has 2 aromatic carbocycles. The van der Waals surface area contributed by atoms with E-state index in [4.69, 9.17) is 11.6 Å². The fourth-order valence-corrected chi connectivity index (χ4v) is 4.56. The summed E-state index contributed by atoms with van der Waals surface area (Å²) >= 11 is 5.97. The van der Waals surface area contributed by atoms with Crippen LogP contribution in [0.1, 0.15) is 43.2 Å². The minimum absolute atomic E-state index is 0.0911. The first kappa shape index (κ1) is 16.5. The highest BCUT2D eigenvalue weighted by Gasteiger charge is 2.47. The zero-order valence-electron chi connectivity index (χ0n) is 14.3. The number of hydrogen-bond acceptors (Lipinski definition) is 2. The normalized spacial score (nSPS) is 25.4. The van der Waals surface area contributed by atoms with Gasteiger partial charge in [-0.1, -0.05) is 48.9 Å². The Bertz CT molecular complexity index is 816. The van der Waals surface area contributed by atoms with Crippen LogP contribution in [-0.2, 0) is 16.0 Å². The third-order valence-electron chi connectivity index (χ3n) is 5.82. The molecule has 2 nitrogen and oxygen atoms in total. The first-order chi connectivity index (χ1) is 12.1. The van der Waals surface area contributed by atoms with Gasteiger partial charge in [-0.15, -0.1) is 0 Å². The van der Waals surface area contributed by atoms with Crippen LogP contribution in [0.25, 0.3) is 11.1 Å². The molecule has 2 bridgehead atoms. The van der Waals surface area contributed by atoms with E-state index in [0.29, 0.717) is 5.02 Å². The van der Waals surface area contributed by atoms with Crippen LogP contribution in [0.3, 0.4) is 0 Å². The number of carbonyl (C=O) groups excluding carboxylic acids is 2. The molecule has 0 aromatic heterocycles. The molecule has 4 rings (SSSR count). The maximum Gasteiger partial charge on any atom is 0.150 e. The smallest absolute Gasteiger partial charge is 0.150 e. The Morgan fingerprint density at radius 3 is 2.12 bits per heavy atom. The molecule has 0 N–H and O–H groups in total. The Kier molecular flexibility index (Phi) is 4.24. The Morgan fingerprint density at radius 2 is 1.52 bits per heavy atom. The standard InChI is InChI=1S/C22H21ClO2/c1-2-13-11-15(14-5-8-18(23)9-6-14)7-10-19(13)20-21(24)16-3-4-17(12-16)22(20)25/h5-11,16-17,20H,2-4,12H2,1H3/t16-,17+,20?. The van der Waals surface area contributed by atoms with Gasteiger partial charge in [0.05, 0.1) is 0 Å². The summed E-state index contributed by atoms with van der Waals surface area (Å²) in [5, 5.41) is 0.713. The number of halogens is 1. The van der Waals surface area contributed by atoms with Crippen LogP contribution in [0.2, 0.25) is 5.02 Å². The average Bonchev–Trinajstić information content (AvgIpc) is 3.08. The maximum absolute atomic E-state index is 12.8. The molecule has 2 saturated carbocycles. The van der Waals surface area contributed by atoms with Crippen molar-refractivity contribution >= 4 is 23.2 Å². The molecule has 0 spiro atoms. The van der Waals surface area contributed by atoms with Crippen LogP contribution in [0.5, 0.6) is 0 Å². The van der Waals surface area contributed by atoms with Crippen molar-refractivity contribution in [2.75, 3.05) is 0 Å². The van der Waals surface area contributed by atoms with Crippen LogP contribution in [0.4, 0.5) is 0 Å². The lowest BCUT2D eigenvalue weighted by atomic mass is 9.74. The molecule has 0 saturated heterocycles. The summed E-state index contributed by atoms with van der Waals surface area (Å²) in [6.45, 7) is 2.08. The highest BCUT2D eigenvalue weighted by molar-refractivity contribution is 6.30. The van der Waals surface area contributed by atoms with Crippen LogP contribution in [0.15, 0.2) is 42.5 Å². The van der Waals surface area contributed by atoms with Crippen LogP contribution in [0, 0.1) is 11.8 Å². The molecule has 25 heavy (non-hydrogen) atoms. The quantitative estimate of drug-likeness (QED) is 0.709. The Labute approximate surface area is 153 Å².